The molecule has 0 aliphatic rings. The molecule has 2 unspecified atom stereocenters. The van der Waals surface area contributed by atoms with Crippen LogP contribution in [-0.4, -0.2) is 33.9 Å². The fourth-order valence-corrected chi connectivity index (χ4v) is 2.31. The molecule has 0 bridgehead atoms. The molecule has 0 spiro atoms. The van der Waals surface area contributed by atoms with Gasteiger partial charge in [-0.3, -0.25) is 0 Å². The van der Waals surface area contributed by atoms with E-state index in [1.807, 2.05) is 37.3 Å². The Bertz CT molecular complexity index is 630. The molecule has 1 heterocycles. The van der Waals surface area contributed by atoms with Crippen LogP contribution in [0.15, 0.2) is 34.9 Å². The SMILES string of the molecule is CCC(CCO)NC(=O)NC(C)c1noc(Cc2ccccc2)n1. The van der Waals surface area contributed by atoms with Gasteiger partial charge in [-0.1, -0.05) is 42.4 Å². The van der Waals surface area contributed by atoms with E-state index in [1.165, 1.54) is 0 Å². The summed E-state index contributed by atoms with van der Waals surface area (Å²) in [5.74, 6) is 0.947. The van der Waals surface area contributed by atoms with Crippen LogP contribution in [0.2, 0.25) is 0 Å². The molecule has 0 aliphatic carbocycles. The van der Waals surface area contributed by atoms with Crippen LogP contribution in [0.3, 0.4) is 0 Å². The van der Waals surface area contributed by atoms with Gasteiger partial charge < -0.3 is 20.3 Å². The average molecular weight is 332 g/mol. The maximum atomic E-state index is 12.0. The Hall–Kier alpha value is -2.41. The number of aliphatic hydroxyl groups excluding tert-OH is 1. The Kier molecular flexibility index (Phi) is 6.74. The number of urea groups is 1. The molecule has 7 nitrogen and oxygen atoms in total. The third-order valence-electron chi connectivity index (χ3n) is 3.72. The van der Waals surface area contributed by atoms with E-state index in [-0.39, 0.29) is 24.7 Å². The molecule has 1 aromatic heterocycles. The van der Waals surface area contributed by atoms with Crippen LogP contribution in [-0.2, 0) is 6.42 Å². The third-order valence-corrected chi connectivity index (χ3v) is 3.72. The predicted molar refractivity (Wildman–Crippen MR) is 89.4 cm³/mol. The predicted octanol–water partition coefficient (Wildman–Crippen LogP) is 2.18. The highest BCUT2D eigenvalue weighted by Crippen LogP contribution is 2.12. The maximum absolute atomic E-state index is 12.0. The fraction of sp³-hybridized carbons (Fsp3) is 0.471. The van der Waals surface area contributed by atoms with E-state index in [9.17, 15) is 4.79 Å². The first-order valence-corrected chi connectivity index (χ1v) is 8.16. The first kappa shape index (κ1) is 17.9. The van der Waals surface area contributed by atoms with Crippen molar-refractivity contribution >= 4 is 6.03 Å². The number of aliphatic hydroxyl groups is 1. The number of hydrogen-bond acceptors (Lipinski definition) is 5. The monoisotopic (exact) mass is 332 g/mol. The van der Waals surface area contributed by atoms with Crippen LogP contribution in [0.5, 0.6) is 0 Å². The van der Waals surface area contributed by atoms with Gasteiger partial charge in [-0.2, -0.15) is 4.98 Å². The Morgan fingerprint density at radius 3 is 2.71 bits per heavy atom. The van der Waals surface area contributed by atoms with Gasteiger partial charge in [0.2, 0.25) is 5.89 Å². The van der Waals surface area contributed by atoms with E-state index in [2.05, 4.69) is 20.8 Å². The van der Waals surface area contributed by atoms with Gasteiger partial charge in [-0.25, -0.2) is 4.79 Å². The molecule has 130 valence electrons. The average Bonchev–Trinajstić information content (AvgIpc) is 3.04. The molecule has 7 heteroatoms. The molecule has 0 saturated carbocycles. The highest BCUT2D eigenvalue weighted by Gasteiger charge is 2.17. The second-order valence-corrected chi connectivity index (χ2v) is 5.67. The zero-order valence-electron chi connectivity index (χ0n) is 14.0. The molecular formula is C17H24N4O3. The topological polar surface area (TPSA) is 100 Å². The van der Waals surface area contributed by atoms with E-state index >= 15 is 0 Å². The number of amides is 2. The first-order chi connectivity index (χ1) is 11.6. The number of nitrogens with one attached hydrogen (secondary N) is 2. The van der Waals surface area contributed by atoms with Crippen LogP contribution < -0.4 is 10.6 Å². The number of rotatable bonds is 8. The second kappa shape index (κ2) is 9.02. The molecular weight excluding hydrogens is 308 g/mol. The van der Waals surface area contributed by atoms with E-state index < -0.39 is 0 Å². The number of carbonyl (C=O) groups is 1. The highest BCUT2D eigenvalue weighted by atomic mass is 16.5. The molecule has 0 saturated heterocycles. The summed E-state index contributed by atoms with van der Waals surface area (Å²) in [4.78, 5) is 16.3. The van der Waals surface area contributed by atoms with E-state index in [1.54, 1.807) is 6.92 Å². The van der Waals surface area contributed by atoms with Gasteiger partial charge in [0.1, 0.15) is 0 Å². The smallest absolute Gasteiger partial charge is 0.315 e. The Labute approximate surface area is 141 Å². The van der Waals surface area contributed by atoms with Crippen LogP contribution >= 0.6 is 0 Å². The molecule has 2 amide bonds. The zero-order valence-corrected chi connectivity index (χ0v) is 14.0. The molecule has 1 aromatic carbocycles. The van der Waals surface area contributed by atoms with Crippen molar-refractivity contribution < 1.29 is 14.4 Å². The summed E-state index contributed by atoms with van der Waals surface area (Å²) < 4.78 is 5.25. The van der Waals surface area contributed by atoms with Crippen molar-refractivity contribution in [3.8, 4) is 0 Å². The van der Waals surface area contributed by atoms with E-state index in [0.29, 0.717) is 24.6 Å². The zero-order chi connectivity index (χ0) is 17.4. The molecule has 0 aliphatic heterocycles. The Balaban J connectivity index is 1.88. The third kappa shape index (κ3) is 5.34. The number of nitrogens with zero attached hydrogens (tertiary/aromatic N) is 2. The van der Waals surface area contributed by atoms with Gasteiger partial charge in [0, 0.05) is 12.6 Å². The summed E-state index contributed by atoms with van der Waals surface area (Å²) in [7, 11) is 0. The van der Waals surface area contributed by atoms with Crippen molar-refractivity contribution in [3.63, 3.8) is 0 Å². The summed E-state index contributed by atoms with van der Waals surface area (Å²) in [6, 6.07) is 9.11. The highest BCUT2D eigenvalue weighted by molar-refractivity contribution is 5.74. The van der Waals surface area contributed by atoms with Gasteiger partial charge in [0.05, 0.1) is 12.5 Å². The maximum Gasteiger partial charge on any atom is 0.315 e. The molecule has 2 atom stereocenters. The molecule has 0 radical (unpaired) electrons. The lowest BCUT2D eigenvalue weighted by Gasteiger charge is -2.17. The minimum Gasteiger partial charge on any atom is -0.396 e. The summed E-state index contributed by atoms with van der Waals surface area (Å²) in [6.45, 7) is 3.80. The Morgan fingerprint density at radius 2 is 2.04 bits per heavy atom. The van der Waals surface area contributed by atoms with Crippen LogP contribution in [0.1, 0.15) is 50.0 Å². The normalized spacial score (nSPS) is 13.3. The lowest BCUT2D eigenvalue weighted by atomic mass is 10.1. The Morgan fingerprint density at radius 1 is 1.29 bits per heavy atom. The van der Waals surface area contributed by atoms with Crippen LogP contribution in [0.4, 0.5) is 4.79 Å². The van der Waals surface area contributed by atoms with Gasteiger partial charge in [-0.05, 0) is 25.3 Å². The molecule has 3 N–H and O–H groups in total. The minimum absolute atomic E-state index is 0.0437. The molecule has 2 rings (SSSR count). The lowest BCUT2D eigenvalue weighted by molar-refractivity contribution is 0.225. The molecule has 2 aromatic rings. The first-order valence-electron chi connectivity index (χ1n) is 8.16. The van der Waals surface area contributed by atoms with Gasteiger partial charge in [-0.15, -0.1) is 0 Å². The number of aromatic nitrogens is 2. The number of carbonyl (C=O) groups excluding carboxylic acids is 1. The van der Waals surface area contributed by atoms with Crippen LogP contribution in [0.25, 0.3) is 0 Å². The van der Waals surface area contributed by atoms with Crippen molar-refractivity contribution in [2.75, 3.05) is 6.61 Å². The summed E-state index contributed by atoms with van der Waals surface area (Å²) >= 11 is 0. The number of hydrogen-bond donors (Lipinski definition) is 3. The van der Waals surface area contributed by atoms with Crippen molar-refractivity contribution in [1.82, 2.24) is 20.8 Å². The van der Waals surface area contributed by atoms with Gasteiger partial charge >= 0.3 is 6.03 Å². The van der Waals surface area contributed by atoms with E-state index in [4.69, 9.17) is 9.63 Å². The van der Waals surface area contributed by atoms with Crippen LogP contribution in [0, 0.1) is 0 Å². The second-order valence-electron chi connectivity index (χ2n) is 5.67. The number of benzene rings is 1. The fourth-order valence-electron chi connectivity index (χ4n) is 2.31. The van der Waals surface area contributed by atoms with E-state index in [0.717, 1.165) is 12.0 Å². The van der Waals surface area contributed by atoms with Crippen molar-refractivity contribution in [3.05, 3.63) is 47.6 Å². The quantitative estimate of drug-likeness (QED) is 0.688. The van der Waals surface area contributed by atoms with Crippen molar-refractivity contribution in [2.24, 2.45) is 0 Å². The standard InChI is InChI=1S/C17H24N4O3/c1-3-14(9-10-22)19-17(23)18-12(2)16-20-15(24-21-16)11-13-7-5-4-6-8-13/h4-8,12,14,22H,3,9-11H2,1-2H3,(H2,18,19,23). The lowest BCUT2D eigenvalue weighted by Crippen LogP contribution is -2.43. The summed E-state index contributed by atoms with van der Waals surface area (Å²) in [5, 5.41) is 18.5. The van der Waals surface area contributed by atoms with Crippen molar-refractivity contribution in [2.45, 2.75) is 45.2 Å². The van der Waals surface area contributed by atoms with Gasteiger partial charge in [0.25, 0.3) is 0 Å². The largest absolute Gasteiger partial charge is 0.396 e. The van der Waals surface area contributed by atoms with Crippen molar-refractivity contribution in [1.29, 1.82) is 0 Å². The summed E-state index contributed by atoms with van der Waals surface area (Å²) in [5.41, 5.74) is 1.08. The summed E-state index contributed by atoms with van der Waals surface area (Å²) in [6.07, 6.45) is 1.84. The van der Waals surface area contributed by atoms with Gasteiger partial charge in [0.15, 0.2) is 5.82 Å². The molecule has 24 heavy (non-hydrogen) atoms. The molecule has 0 fully saturated rings. The minimum atomic E-state index is -0.370.